The highest BCUT2D eigenvalue weighted by Gasteiger charge is 2.23. The van der Waals surface area contributed by atoms with Crippen LogP contribution in [0.15, 0.2) is 60.7 Å². The van der Waals surface area contributed by atoms with Crippen LogP contribution in [0.25, 0.3) is 0 Å². The van der Waals surface area contributed by atoms with Gasteiger partial charge in [-0.25, -0.2) is 0 Å². The van der Waals surface area contributed by atoms with Gasteiger partial charge in [0.05, 0.1) is 12.3 Å². The Balaban J connectivity index is 2.00. The molecular weight excluding hydrogens is 410 g/mol. The zero-order chi connectivity index (χ0) is 23.6. The molecule has 0 aliphatic rings. The van der Waals surface area contributed by atoms with Crippen molar-refractivity contribution >= 4 is 14.7 Å². The molecule has 0 bridgehead atoms. The maximum absolute atomic E-state index is 6.46. The molecule has 0 aliphatic heterocycles. The van der Waals surface area contributed by atoms with Gasteiger partial charge in [0.25, 0.3) is 0 Å². The van der Waals surface area contributed by atoms with E-state index in [0.717, 1.165) is 31.1 Å². The minimum atomic E-state index is -0.712. The fraction of sp³-hybridized carbons (Fsp3) is 0.429. The van der Waals surface area contributed by atoms with Crippen LogP contribution in [-0.4, -0.2) is 39.8 Å². The second kappa shape index (κ2) is 11.9. The highest BCUT2D eigenvalue weighted by Crippen LogP contribution is 2.21. The van der Waals surface area contributed by atoms with E-state index < -0.39 is 9.52 Å². The molecule has 0 spiro atoms. The van der Waals surface area contributed by atoms with E-state index >= 15 is 0 Å². The quantitative estimate of drug-likeness (QED) is 0.387. The van der Waals surface area contributed by atoms with E-state index in [-0.39, 0.29) is 10.6 Å². The van der Waals surface area contributed by atoms with Crippen molar-refractivity contribution < 1.29 is 9.47 Å². The van der Waals surface area contributed by atoms with E-state index in [1.807, 2.05) is 18.2 Å². The third-order valence-electron chi connectivity index (χ3n) is 4.97. The zero-order valence-electron chi connectivity index (χ0n) is 20.9. The van der Waals surface area contributed by atoms with Crippen LogP contribution < -0.4 is 14.7 Å². The molecule has 0 saturated heterocycles. The Bertz CT molecular complexity index is 948. The standard InChI is InChI=1S/C28H39NO2Si/c1-8-29(20-13-9-12-19-27(2,3)4)22-23-15-14-16-24(21-23)31-28(5,6)32-26-18-11-10-17-25(26)30-7/h9-11,13-18,21H,8,20,22,32H2,1-7H3/b13-9+. The van der Waals surface area contributed by atoms with Gasteiger partial charge in [0.15, 0.2) is 0 Å². The first-order valence-electron chi connectivity index (χ1n) is 11.4. The summed E-state index contributed by atoms with van der Waals surface area (Å²) in [6.45, 7) is 15.7. The summed E-state index contributed by atoms with van der Waals surface area (Å²) in [5.41, 5.74) is 1.30. The lowest BCUT2D eigenvalue weighted by Gasteiger charge is -2.27. The van der Waals surface area contributed by atoms with Gasteiger partial charge in [0, 0.05) is 18.5 Å². The molecule has 2 aromatic carbocycles. The van der Waals surface area contributed by atoms with Crippen LogP contribution in [0, 0.1) is 17.3 Å². The molecule has 0 radical (unpaired) electrons. The monoisotopic (exact) mass is 449 g/mol. The van der Waals surface area contributed by atoms with Gasteiger partial charge < -0.3 is 9.47 Å². The summed E-state index contributed by atoms with van der Waals surface area (Å²) in [4.78, 5) is 2.39. The van der Waals surface area contributed by atoms with Crippen LogP contribution in [0.3, 0.4) is 0 Å². The van der Waals surface area contributed by atoms with Gasteiger partial charge in [-0.1, -0.05) is 55.2 Å². The summed E-state index contributed by atoms with van der Waals surface area (Å²) in [6.07, 6.45) is 4.11. The van der Waals surface area contributed by atoms with Crippen molar-refractivity contribution in [1.82, 2.24) is 4.90 Å². The maximum atomic E-state index is 6.46. The Morgan fingerprint density at radius 2 is 1.78 bits per heavy atom. The van der Waals surface area contributed by atoms with Crippen LogP contribution in [0.1, 0.15) is 47.1 Å². The summed E-state index contributed by atoms with van der Waals surface area (Å²) < 4.78 is 12.0. The van der Waals surface area contributed by atoms with Crippen molar-refractivity contribution in [2.45, 2.75) is 53.3 Å². The third kappa shape index (κ3) is 9.34. The SMILES string of the molecule is CCN(C/C=C/C#CC(C)(C)C)Cc1cccc(OC(C)(C)[SiH2]c2ccccc2OC)c1. The van der Waals surface area contributed by atoms with Crippen LogP contribution in [0.2, 0.25) is 0 Å². The molecule has 0 heterocycles. The van der Waals surface area contributed by atoms with E-state index in [1.165, 1.54) is 10.8 Å². The molecule has 2 aromatic rings. The van der Waals surface area contributed by atoms with E-state index in [1.54, 1.807) is 7.11 Å². The molecule has 0 aromatic heterocycles. The first kappa shape index (κ1) is 25.8. The van der Waals surface area contributed by atoms with E-state index in [9.17, 15) is 0 Å². The molecule has 0 amide bonds. The lowest BCUT2D eigenvalue weighted by atomic mass is 9.98. The molecule has 3 nitrogen and oxygen atoms in total. The fourth-order valence-corrected chi connectivity index (χ4v) is 5.30. The Morgan fingerprint density at radius 1 is 1.03 bits per heavy atom. The number of para-hydroxylation sites is 1. The molecule has 0 N–H and O–H groups in total. The van der Waals surface area contributed by atoms with Gasteiger partial charge in [0.2, 0.25) is 0 Å². The lowest BCUT2D eigenvalue weighted by Crippen LogP contribution is -2.42. The summed E-state index contributed by atoms with van der Waals surface area (Å²) >= 11 is 0. The normalized spacial score (nSPS) is 12.4. The van der Waals surface area contributed by atoms with Crippen LogP contribution >= 0.6 is 0 Å². The number of hydrogen-bond acceptors (Lipinski definition) is 3. The Morgan fingerprint density at radius 3 is 2.47 bits per heavy atom. The molecule has 0 fully saturated rings. The average Bonchev–Trinajstić information content (AvgIpc) is 2.71. The van der Waals surface area contributed by atoms with Crippen molar-refractivity contribution in [3.63, 3.8) is 0 Å². The Labute approximate surface area is 197 Å². The molecule has 32 heavy (non-hydrogen) atoms. The maximum Gasteiger partial charge on any atom is 0.119 e. The van der Waals surface area contributed by atoms with E-state index in [4.69, 9.17) is 9.47 Å². The number of hydrogen-bond donors (Lipinski definition) is 0. The van der Waals surface area contributed by atoms with E-state index in [2.05, 4.69) is 101 Å². The summed E-state index contributed by atoms with van der Waals surface area (Å²) in [5, 5.41) is 1.07. The summed E-state index contributed by atoms with van der Waals surface area (Å²) in [5.74, 6) is 8.28. The number of rotatable bonds is 10. The number of likely N-dealkylation sites (N-methyl/N-ethyl adjacent to an activating group) is 1. The second-order valence-corrected chi connectivity index (χ2v) is 12.6. The van der Waals surface area contributed by atoms with E-state index in [0.29, 0.717) is 0 Å². The predicted molar refractivity (Wildman–Crippen MR) is 140 cm³/mol. The first-order valence-corrected chi connectivity index (χ1v) is 12.8. The van der Waals surface area contributed by atoms with Gasteiger partial charge >= 0.3 is 0 Å². The van der Waals surface area contributed by atoms with Gasteiger partial charge in [-0.3, -0.25) is 4.90 Å². The van der Waals surface area contributed by atoms with Gasteiger partial charge in [-0.2, -0.15) is 0 Å². The average molecular weight is 450 g/mol. The number of benzene rings is 2. The van der Waals surface area contributed by atoms with Crippen molar-refractivity contribution in [2.75, 3.05) is 20.2 Å². The molecule has 0 aliphatic carbocycles. The largest absolute Gasteiger partial charge is 0.497 e. The molecular formula is C28H39NO2Si. The number of ether oxygens (including phenoxy) is 2. The second-order valence-electron chi connectivity index (χ2n) is 9.75. The molecule has 172 valence electrons. The summed E-state index contributed by atoms with van der Waals surface area (Å²) in [7, 11) is 1.02. The smallest absolute Gasteiger partial charge is 0.119 e. The molecule has 0 unspecified atom stereocenters. The minimum Gasteiger partial charge on any atom is -0.497 e. The Kier molecular flexibility index (Phi) is 9.62. The zero-order valence-corrected chi connectivity index (χ0v) is 22.3. The Hall–Kier alpha value is -2.48. The molecule has 2 rings (SSSR count). The van der Waals surface area contributed by atoms with Crippen LogP contribution in [-0.2, 0) is 6.54 Å². The molecule has 4 heteroatoms. The van der Waals surface area contributed by atoms with Crippen molar-refractivity contribution in [3.8, 4) is 23.3 Å². The lowest BCUT2D eigenvalue weighted by molar-refractivity contribution is 0.195. The van der Waals surface area contributed by atoms with Crippen molar-refractivity contribution in [3.05, 3.63) is 66.2 Å². The first-order chi connectivity index (χ1) is 15.1. The van der Waals surface area contributed by atoms with Gasteiger partial charge in [-0.15, -0.1) is 0 Å². The highest BCUT2D eigenvalue weighted by atomic mass is 28.2. The number of allylic oxidation sites excluding steroid dienone is 1. The summed E-state index contributed by atoms with van der Waals surface area (Å²) in [6, 6.07) is 16.8. The van der Waals surface area contributed by atoms with Crippen LogP contribution in [0.4, 0.5) is 0 Å². The van der Waals surface area contributed by atoms with Crippen LogP contribution in [0.5, 0.6) is 11.5 Å². The fourth-order valence-electron chi connectivity index (χ4n) is 3.45. The predicted octanol–water partition coefficient (Wildman–Crippen LogP) is 4.73. The highest BCUT2D eigenvalue weighted by molar-refractivity contribution is 6.57. The third-order valence-corrected chi connectivity index (χ3v) is 6.93. The van der Waals surface area contributed by atoms with Gasteiger partial charge in [0.1, 0.15) is 21.0 Å². The van der Waals surface area contributed by atoms with Crippen molar-refractivity contribution in [1.29, 1.82) is 0 Å². The van der Waals surface area contributed by atoms with Crippen molar-refractivity contribution in [2.24, 2.45) is 5.41 Å². The molecule has 0 saturated carbocycles. The topological polar surface area (TPSA) is 21.7 Å². The minimum absolute atomic E-state index is 0.0392. The number of methoxy groups -OCH3 is 1. The molecule has 0 atom stereocenters. The number of nitrogens with zero attached hydrogens (tertiary/aromatic N) is 1. The van der Waals surface area contributed by atoms with Gasteiger partial charge in [-0.05, 0) is 76.2 Å².